The summed E-state index contributed by atoms with van der Waals surface area (Å²) in [6.45, 7) is 3.31. The van der Waals surface area contributed by atoms with Gasteiger partial charge in [0, 0.05) is 19.3 Å². The van der Waals surface area contributed by atoms with Crippen molar-refractivity contribution < 1.29 is 13.2 Å². The Labute approximate surface area is 148 Å². The second-order valence-corrected chi connectivity index (χ2v) is 8.26. The standard InChI is InChI=1S/C20H21NO3S/c1-3-13-21-14-18(15-9-11-17(12-10-15)25(2,23)24)19(20(21)22)16-7-5-4-6-8-16/h4-12H,3,13-14H2,1-2H3. The van der Waals surface area contributed by atoms with Crippen LogP contribution in [0, 0.1) is 0 Å². The molecule has 4 nitrogen and oxygen atoms in total. The predicted molar refractivity (Wildman–Crippen MR) is 99.7 cm³/mol. The van der Waals surface area contributed by atoms with Gasteiger partial charge in [0.2, 0.25) is 0 Å². The molecule has 0 saturated heterocycles. The molecule has 5 heteroatoms. The lowest BCUT2D eigenvalue weighted by molar-refractivity contribution is -0.123. The van der Waals surface area contributed by atoms with Crippen molar-refractivity contribution >= 4 is 26.9 Å². The molecule has 0 aromatic heterocycles. The third-order valence-electron chi connectivity index (χ3n) is 4.34. The van der Waals surface area contributed by atoms with Crippen molar-refractivity contribution in [3.63, 3.8) is 0 Å². The number of carbonyl (C=O) groups is 1. The van der Waals surface area contributed by atoms with Crippen LogP contribution in [0.3, 0.4) is 0 Å². The Bertz CT molecular complexity index is 913. The molecule has 2 aromatic rings. The van der Waals surface area contributed by atoms with Crippen molar-refractivity contribution in [3.05, 3.63) is 65.7 Å². The minimum atomic E-state index is -3.23. The number of nitrogens with zero attached hydrogens (tertiary/aromatic N) is 1. The maximum Gasteiger partial charge on any atom is 0.255 e. The third kappa shape index (κ3) is 3.51. The number of hydrogen-bond donors (Lipinski definition) is 0. The Balaban J connectivity index is 2.09. The Hall–Kier alpha value is -2.40. The summed E-state index contributed by atoms with van der Waals surface area (Å²) in [6, 6.07) is 16.4. The van der Waals surface area contributed by atoms with Crippen molar-refractivity contribution in [1.82, 2.24) is 4.90 Å². The van der Waals surface area contributed by atoms with E-state index in [0.717, 1.165) is 23.1 Å². The Morgan fingerprint density at radius 1 is 0.960 bits per heavy atom. The lowest BCUT2D eigenvalue weighted by atomic mass is 9.97. The van der Waals surface area contributed by atoms with E-state index in [9.17, 15) is 13.2 Å². The van der Waals surface area contributed by atoms with E-state index in [-0.39, 0.29) is 10.8 Å². The van der Waals surface area contributed by atoms with E-state index in [1.807, 2.05) is 42.2 Å². The highest BCUT2D eigenvalue weighted by molar-refractivity contribution is 7.90. The minimum absolute atomic E-state index is 0.0373. The summed E-state index contributed by atoms with van der Waals surface area (Å²) in [4.78, 5) is 15.0. The van der Waals surface area contributed by atoms with Gasteiger partial charge in [-0.2, -0.15) is 0 Å². The molecule has 0 unspecified atom stereocenters. The van der Waals surface area contributed by atoms with Crippen LogP contribution < -0.4 is 0 Å². The molecular formula is C20H21NO3S. The molecule has 25 heavy (non-hydrogen) atoms. The molecule has 0 saturated carbocycles. The number of benzene rings is 2. The van der Waals surface area contributed by atoms with E-state index >= 15 is 0 Å². The van der Waals surface area contributed by atoms with Gasteiger partial charge in [-0.3, -0.25) is 4.79 Å². The zero-order valence-electron chi connectivity index (χ0n) is 14.4. The summed E-state index contributed by atoms with van der Waals surface area (Å²) in [5.41, 5.74) is 3.44. The van der Waals surface area contributed by atoms with Gasteiger partial charge in [0.05, 0.1) is 10.5 Å². The molecule has 0 atom stereocenters. The van der Waals surface area contributed by atoms with Gasteiger partial charge in [0.1, 0.15) is 0 Å². The van der Waals surface area contributed by atoms with Gasteiger partial charge in [0.15, 0.2) is 9.84 Å². The van der Waals surface area contributed by atoms with Crippen LogP contribution in [0.1, 0.15) is 24.5 Å². The summed E-state index contributed by atoms with van der Waals surface area (Å²) in [6.07, 6.45) is 2.09. The highest BCUT2D eigenvalue weighted by atomic mass is 32.2. The average Bonchev–Trinajstić information content (AvgIpc) is 2.92. The van der Waals surface area contributed by atoms with Crippen LogP contribution in [0.2, 0.25) is 0 Å². The monoisotopic (exact) mass is 355 g/mol. The molecule has 3 rings (SSSR count). The van der Waals surface area contributed by atoms with E-state index in [0.29, 0.717) is 18.7 Å². The lowest BCUT2D eigenvalue weighted by Crippen LogP contribution is -2.27. The molecule has 0 radical (unpaired) electrons. The van der Waals surface area contributed by atoms with Gasteiger partial charge >= 0.3 is 0 Å². The van der Waals surface area contributed by atoms with Crippen LogP contribution in [0.4, 0.5) is 0 Å². The van der Waals surface area contributed by atoms with E-state index in [1.54, 1.807) is 24.3 Å². The van der Waals surface area contributed by atoms with Crippen molar-refractivity contribution in [2.75, 3.05) is 19.3 Å². The number of hydrogen-bond acceptors (Lipinski definition) is 3. The first kappa shape index (κ1) is 17.4. The molecule has 1 aliphatic rings. The van der Waals surface area contributed by atoms with E-state index in [1.165, 1.54) is 6.26 Å². The molecule has 0 spiro atoms. The van der Waals surface area contributed by atoms with Crippen molar-refractivity contribution in [1.29, 1.82) is 0 Å². The number of sulfone groups is 1. The number of rotatable bonds is 5. The summed E-state index contributed by atoms with van der Waals surface area (Å²) < 4.78 is 23.3. The first-order valence-corrected chi connectivity index (χ1v) is 10.2. The fraction of sp³-hybridized carbons (Fsp3) is 0.250. The van der Waals surface area contributed by atoms with Crippen molar-refractivity contribution in [2.45, 2.75) is 18.2 Å². The van der Waals surface area contributed by atoms with E-state index < -0.39 is 9.84 Å². The van der Waals surface area contributed by atoms with Crippen LogP contribution in [-0.4, -0.2) is 38.6 Å². The quantitative estimate of drug-likeness (QED) is 0.827. The highest BCUT2D eigenvalue weighted by Crippen LogP contribution is 2.34. The zero-order valence-corrected chi connectivity index (χ0v) is 15.2. The van der Waals surface area contributed by atoms with E-state index in [4.69, 9.17) is 0 Å². The van der Waals surface area contributed by atoms with Gasteiger partial charge in [-0.15, -0.1) is 0 Å². The summed E-state index contributed by atoms with van der Waals surface area (Å²) >= 11 is 0. The Morgan fingerprint density at radius 3 is 2.16 bits per heavy atom. The first-order chi connectivity index (χ1) is 11.9. The molecule has 130 valence electrons. The molecule has 0 N–H and O–H groups in total. The molecule has 1 heterocycles. The lowest BCUT2D eigenvalue weighted by Gasteiger charge is -2.15. The van der Waals surface area contributed by atoms with Crippen LogP contribution >= 0.6 is 0 Å². The van der Waals surface area contributed by atoms with Crippen LogP contribution in [0.5, 0.6) is 0 Å². The average molecular weight is 355 g/mol. The Morgan fingerprint density at radius 2 is 1.60 bits per heavy atom. The van der Waals surface area contributed by atoms with Gasteiger partial charge < -0.3 is 4.90 Å². The fourth-order valence-corrected chi connectivity index (χ4v) is 3.75. The van der Waals surface area contributed by atoms with Gasteiger partial charge in [0.25, 0.3) is 5.91 Å². The zero-order chi connectivity index (χ0) is 18.0. The second-order valence-electron chi connectivity index (χ2n) is 6.24. The molecule has 0 aliphatic carbocycles. The van der Waals surface area contributed by atoms with Crippen LogP contribution in [0.25, 0.3) is 11.1 Å². The van der Waals surface area contributed by atoms with Crippen LogP contribution in [0.15, 0.2) is 59.5 Å². The molecule has 0 fully saturated rings. The minimum Gasteiger partial charge on any atom is -0.334 e. The first-order valence-electron chi connectivity index (χ1n) is 8.30. The summed E-state index contributed by atoms with van der Waals surface area (Å²) in [5, 5.41) is 0. The SMILES string of the molecule is CCCN1CC(c2ccc(S(C)(=O)=O)cc2)=C(c2ccccc2)C1=O. The van der Waals surface area contributed by atoms with Gasteiger partial charge in [-0.1, -0.05) is 49.4 Å². The molecular weight excluding hydrogens is 334 g/mol. The van der Waals surface area contributed by atoms with Gasteiger partial charge in [-0.05, 0) is 35.3 Å². The third-order valence-corrected chi connectivity index (χ3v) is 5.47. The maximum absolute atomic E-state index is 12.9. The number of amides is 1. The molecule has 2 aromatic carbocycles. The smallest absolute Gasteiger partial charge is 0.255 e. The van der Waals surface area contributed by atoms with Crippen molar-refractivity contribution in [2.24, 2.45) is 0 Å². The van der Waals surface area contributed by atoms with Crippen molar-refractivity contribution in [3.8, 4) is 0 Å². The summed E-state index contributed by atoms with van der Waals surface area (Å²) in [7, 11) is -3.23. The molecule has 0 bridgehead atoms. The molecule has 1 aliphatic heterocycles. The van der Waals surface area contributed by atoms with E-state index in [2.05, 4.69) is 0 Å². The predicted octanol–water partition coefficient (Wildman–Crippen LogP) is 3.25. The van der Waals surface area contributed by atoms with Gasteiger partial charge in [-0.25, -0.2) is 8.42 Å². The highest BCUT2D eigenvalue weighted by Gasteiger charge is 2.31. The largest absolute Gasteiger partial charge is 0.334 e. The topological polar surface area (TPSA) is 54.5 Å². The molecule has 1 amide bonds. The second kappa shape index (κ2) is 6.84. The number of carbonyl (C=O) groups excluding carboxylic acids is 1. The normalized spacial score (nSPS) is 15.1. The summed E-state index contributed by atoms with van der Waals surface area (Å²) in [5.74, 6) is 0.0373. The van der Waals surface area contributed by atoms with Crippen LogP contribution in [-0.2, 0) is 14.6 Å². The maximum atomic E-state index is 12.9. The Kier molecular flexibility index (Phi) is 4.77. The fourth-order valence-electron chi connectivity index (χ4n) is 3.12.